The van der Waals surface area contributed by atoms with Crippen molar-refractivity contribution in [1.29, 1.82) is 0 Å². The first-order chi connectivity index (χ1) is 28.5. The number of rotatable bonds is 36. The smallest absolute Gasteiger partial charge is 0.261 e. The summed E-state index contributed by atoms with van der Waals surface area (Å²) >= 11 is 10.6. The molecule has 4 nitrogen and oxygen atoms in total. The van der Waals surface area contributed by atoms with Crippen molar-refractivity contribution in [2.45, 2.75) is 219 Å². The van der Waals surface area contributed by atoms with E-state index < -0.39 is 0 Å². The van der Waals surface area contributed by atoms with E-state index in [1.54, 1.807) is 22.7 Å². The third-order valence-electron chi connectivity index (χ3n) is 12.3. The number of halogens is 2. The molecule has 0 unspecified atom stereocenters. The van der Waals surface area contributed by atoms with Crippen LogP contribution in [0.1, 0.15) is 229 Å². The summed E-state index contributed by atoms with van der Waals surface area (Å²) in [5.74, 6) is -0.00402. The number of fused-ring (bicyclic) bond motifs is 1. The highest BCUT2D eigenvalue weighted by Gasteiger charge is 2.49. The lowest BCUT2D eigenvalue weighted by Gasteiger charge is -2.24. The summed E-state index contributed by atoms with van der Waals surface area (Å²) < 4.78 is 2.03. The highest BCUT2D eigenvalue weighted by Crippen LogP contribution is 2.49. The fourth-order valence-electron chi connectivity index (χ4n) is 8.85. The van der Waals surface area contributed by atoms with Crippen LogP contribution in [0.5, 0.6) is 0 Å². The van der Waals surface area contributed by atoms with Gasteiger partial charge in [0, 0.05) is 13.1 Å². The second-order valence-electron chi connectivity index (χ2n) is 17.2. The molecule has 4 heterocycles. The molecule has 2 amide bonds. The molecule has 0 N–H and O–H groups in total. The third-order valence-corrected chi connectivity index (χ3v) is 15.5. The maximum absolute atomic E-state index is 14.5. The average molecular weight is 963 g/mol. The van der Waals surface area contributed by atoms with Crippen LogP contribution in [-0.2, 0) is 9.59 Å². The van der Waals surface area contributed by atoms with Gasteiger partial charge in [-0.05, 0) is 69.0 Å². The maximum Gasteiger partial charge on any atom is 0.261 e. The Morgan fingerprint density at radius 3 is 0.845 bits per heavy atom. The van der Waals surface area contributed by atoms with Crippen molar-refractivity contribution >= 4 is 77.7 Å². The molecular formula is C50H78Br2N2O2S2. The largest absolute Gasteiger partial charge is 0.306 e. The Balaban J connectivity index is 1.22. The van der Waals surface area contributed by atoms with Gasteiger partial charge in [-0.15, -0.1) is 22.7 Å². The SMILES string of the molecule is CCCCCCCCCCCCCCCCCCN1C(=O)C2=C(c3ccc(Br)s3)N(CCCCCCCCCCCCCCCCCC)C(=O)C2=C1c1ccc(Br)s1. The van der Waals surface area contributed by atoms with Crippen molar-refractivity contribution in [2.75, 3.05) is 13.1 Å². The molecule has 0 atom stereocenters. The quantitative estimate of drug-likeness (QED) is 0.0639. The third kappa shape index (κ3) is 16.9. The van der Waals surface area contributed by atoms with E-state index in [4.69, 9.17) is 0 Å². The number of hydrogen-bond donors (Lipinski definition) is 0. The number of thiophene rings is 2. The van der Waals surface area contributed by atoms with Gasteiger partial charge in [0.15, 0.2) is 0 Å². The number of carbonyl (C=O) groups excluding carboxylic acids is 2. The zero-order valence-electron chi connectivity index (χ0n) is 36.6. The number of carbonyl (C=O) groups is 2. The molecule has 0 saturated carbocycles. The molecule has 326 valence electrons. The van der Waals surface area contributed by atoms with Gasteiger partial charge in [-0.1, -0.05) is 206 Å². The maximum atomic E-state index is 14.5. The first kappa shape index (κ1) is 49.4. The standard InChI is InChI=1S/C50H78Br2N2O2S2/c1-3-5-7-9-11-13-15-17-19-21-23-25-27-29-31-33-39-53-47(41-35-37-43(51)57-41)45-46(49(53)55)48(42-36-38-44(52)58-42)54(50(45)56)40-34-32-30-28-26-24-22-20-18-16-14-12-10-8-6-4-2/h35-38H,3-34,39-40H2,1-2H3. The molecular weight excluding hydrogens is 885 g/mol. The van der Waals surface area contributed by atoms with Crippen molar-refractivity contribution in [2.24, 2.45) is 0 Å². The molecule has 0 aliphatic carbocycles. The van der Waals surface area contributed by atoms with E-state index >= 15 is 0 Å². The molecule has 0 bridgehead atoms. The van der Waals surface area contributed by atoms with Crippen molar-refractivity contribution in [3.8, 4) is 0 Å². The summed E-state index contributed by atoms with van der Waals surface area (Å²) in [7, 11) is 0. The fourth-order valence-corrected chi connectivity index (χ4v) is 11.7. The van der Waals surface area contributed by atoms with Crippen molar-refractivity contribution in [1.82, 2.24) is 9.80 Å². The molecule has 4 rings (SSSR count). The molecule has 0 aromatic carbocycles. The Hall–Kier alpha value is -1.22. The predicted octanol–water partition coefficient (Wildman–Crippen LogP) is 17.7. The molecule has 2 aliphatic rings. The summed E-state index contributed by atoms with van der Waals surface area (Å²) in [6.45, 7) is 5.89. The van der Waals surface area contributed by atoms with E-state index in [2.05, 4.69) is 57.8 Å². The van der Waals surface area contributed by atoms with E-state index in [0.29, 0.717) is 24.2 Å². The lowest BCUT2D eigenvalue weighted by atomic mass is 10.0. The van der Waals surface area contributed by atoms with E-state index in [0.717, 1.165) is 54.4 Å². The number of amides is 2. The van der Waals surface area contributed by atoms with Gasteiger partial charge in [0.2, 0.25) is 0 Å². The average Bonchev–Trinajstić information content (AvgIpc) is 3.98. The lowest BCUT2D eigenvalue weighted by Crippen LogP contribution is -2.30. The number of unbranched alkanes of at least 4 members (excludes halogenated alkanes) is 30. The Bertz CT molecular complexity index is 1410. The highest BCUT2D eigenvalue weighted by molar-refractivity contribution is 9.11. The summed E-state index contributed by atoms with van der Waals surface area (Å²) in [5, 5.41) is 0. The minimum Gasteiger partial charge on any atom is -0.306 e. The van der Waals surface area contributed by atoms with E-state index in [-0.39, 0.29) is 11.8 Å². The van der Waals surface area contributed by atoms with Crippen molar-refractivity contribution in [3.63, 3.8) is 0 Å². The van der Waals surface area contributed by atoms with Gasteiger partial charge in [-0.25, -0.2) is 0 Å². The van der Waals surface area contributed by atoms with Gasteiger partial charge in [-0.3, -0.25) is 9.59 Å². The van der Waals surface area contributed by atoms with Gasteiger partial charge in [0.1, 0.15) is 0 Å². The second-order valence-corrected chi connectivity index (χ2v) is 22.1. The summed E-state index contributed by atoms with van der Waals surface area (Å²) in [4.78, 5) is 34.9. The second kappa shape index (κ2) is 29.9. The lowest BCUT2D eigenvalue weighted by molar-refractivity contribution is -0.124. The first-order valence-corrected chi connectivity index (χ1v) is 27.3. The summed E-state index contributed by atoms with van der Waals surface area (Å²) in [6, 6.07) is 8.22. The monoisotopic (exact) mass is 960 g/mol. The van der Waals surface area contributed by atoms with Crippen LogP contribution in [0.2, 0.25) is 0 Å². The normalized spacial score (nSPS) is 14.3. The van der Waals surface area contributed by atoms with Crippen LogP contribution in [0.4, 0.5) is 0 Å². The predicted molar refractivity (Wildman–Crippen MR) is 260 cm³/mol. The van der Waals surface area contributed by atoms with Crippen LogP contribution >= 0.6 is 54.5 Å². The number of nitrogens with zero attached hydrogens (tertiary/aromatic N) is 2. The van der Waals surface area contributed by atoms with Crippen LogP contribution in [0.25, 0.3) is 11.4 Å². The zero-order chi connectivity index (χ0) is 41.2. The van der Waals surface area contributed by atoms with Gasteiger partial charge in [0.25, 0.3) is 11.8 Å². The van der Waals surface area contributed by atoms with Gasteiger partial charge < -0.3 is 9.80 Å². The number of hydrogen-bond acceptors (Lipinski definition) is 4. The van der Waals surface area contributed by atoms with Crippen LogP contribution in [0, 0.1) is 0 Å². The Kier molecular flexibility index (Phi) is 25.5. The highest BCUT2D eigenvalue weighted by atomic mass is 79.9. The molecule has 58 heavy (non-hydrogen) atoms. The van der Waals surface area contributed by atoms with Crippen LogP contribution in [-0.4, -0.2) is 34.7 Å². The van der Waals surface area contributed by atoms with E-state index in [1.807, 2.05) is 21.9 Å². The fraction of sp³-hybridized carbons (Fsp3) is 0.720. The summed E-state index contributed by atoms with van der Waals surface area (Å²) in [6.07, 6.45) is 42.4. The van der Waals surface area contributed by atoms with E-state index in [9.17, 15) is 9.59 Å². The molecule has 2 aliphatic heterocycles. The summed E-state index contributed by atoms with van der Waals surface area (Å²) in [5.41, 5.74) is 2.88. The molecule has 2 aromatic rings. The molecule has 8 heteroatoms. The van der Waals surface area contributed by atoms with Crippen LogP contribution in [0.15, 0.2) is 43.0 Å². The van der Waals surface area contributed by atoms with Crippen molar-refractivity contribution < 1.29 is 9.59 Å². The molecule has 0 fully saturated rings. The Labute approximate surface area is 379 Å². The van der Waals surface area contributed by atoms with Gasteiger partial charge in [0.05, 0.1) is 39.9 Å². The minimum absolute atomic E-state index is 0.00201. The van der Waals surface area contributed by atoms with E-state index in [1.165, 1.54) is 180 Å². The van der Waals surface area contributed by atoms with Gasteiger partial charge >= 0.3 is 0 Å². The minimum atomic E-state index is -0.00201. The van der Waals surface area contributed by atoms with Crippen LogP contribution < -0.4 is 0 Å². The molecule has 2 aromatic heterocycles. The van der Waals surface area contributed by atoms with Crippen LogP contribution in [0.3, 0.4) is 0 Å². The molecule has 0 radical (unpaired) electrons. The Morgan fingerprint density at radius 2 is 0.621 bits per heavy atom. The van der Waals surface area contributed by atoms with Crippen molar-refractivity contribution in [3.05, 3.63) is 52.7 Å². The Morgan fingerprint density at radius 1 is 0.379 bits per heavy atom. The van der Waals surface area contributed by atoms with Gasteiger partial charge in [-0.2, -0.15) is 0 Å². The zero-order valence-corrected chi connectivity index (χ0v) is 41.4. The topological polar surface area (TPSA) is 40.6 Å². The molecule has 0 spiro atoms. The molecule has 0 saturated heterocycles. The first-order valence-electron chi connectivity index (χ1n) is 24.1.